The van der Waals surface area contributed by atoms with Crippen LogP contribution >= 0.6 is 0 Å². The summed E-state index contributed by atoms with van der Waals surface area (Å²) in [6, 6.07) is 5.17. The lowest BCUT2D eigenvalue weighted by Gasteiger charge is -2.24. The highest BCUT2D eigenvalue weighted by Gasteiger charge is 2.36. The molecule has 114 valence electrons. The van der Waals surface area contributed by atoms with Gasteiger partial charge in [0, 0.05) is 17.8 Å². The molecule has 0 bridgehead atoms. The molecule has 3 N–H and O–H groups in total. The molecule has 1 heterocycles. The van der Waals surface area contributed by atoms with E-state index in [1.54, 1.807) is 0 Å². The van der Waals surface area contributed by atoms with Crippen LogP contribution in [0.4, 0.5) is 5.69 Å². The molecule has 9 nitrogen and oxygen atoms in total. The zero-order valence-electron chi connectivity index (χ0n) is 11.3. The molecule has 0 radical (unpaired) electrons. The first-order valence-corrected chi connectivity index (χ1v) is 6.08. The van der Waals surface area contributed by atoms with Gasteiger partial charge in [-0.3, -0.25) is 15.5 Å². The van der Waals surface area contributed by atoms with Crippen molar-refractivity contribution in [2.45, 2.75) is 12.8 Å². The van der Waals surface area contributed by atoms with E-state index in [-0.39, 0.29) is 22.5 Å². The first kappa shape index (κ1) is 15.2. The Labute approximate surface area is 123 Å². The largest absolute Gasteiger partial charge is 0.478 e. The zero-order chi connectivity index (χ0) is 16.4. The van der Waals surface area contributed by atoms with Crippen molar-refractivity contribution in [3.63, 3.8) is 0 Å². The summed E-state index contributed by atoms with van der Waals surface area (Å²) >= 11 is 0. The summed E-state index contributed by atoms with van der Waals surface area (Å²) in [5.74, 6) is -3.93. The monoisotopic (exact) mass is 305 g/mol. The van der Waals surface area contributed by atoms with Gasteiger partial charge in [0.05, 0.1) is 16.4 Å². The van der Waals surface area contributed by atoms with Crippen molar-refractivity contribution in [2.75, 3.05) is 0 Å². The van der Waals surface area contributed by atoms with Gasteiger partial charge in [0.25, 0.3) is 5.69 Å². The highest BCUT2D eigenvalue weighted by atomic mass is 16.6. The summed E-state index contributed by atoms with van der Waals surface area (Å²) in [6.07, 6.45) is 0. The molecule has 0 amide bonds. The van der Waals surface area contributed by atoms with Crippen LogP contribution in [0, 0.1) is 10.1 Å². The average Bonchev–Trinajstić information content (AvgIpc) is 2.46. The van der Waals surface area contributed by atoms with Crippen LogP contribution in [0.15, 0.2) is 40.6 Å². The number of nitro benzene ring substituents is 1. The van der Waals surface area contributed by atoms with Gasteiger partial charge in [-0.15, -0.1) is 0 Å². The lowest BCUT2D eigenvalue weighted by molar-refractivity contribution is -0.384. The molecular formula is C13H11N3O6. The second-order valence-corrected chi connectivity index (χ2v) is 4.54. The fourth-order valence-corrected chi connectivity index (χ4v) is 2.22. The molecule has 1 aromatic rings. The number of rotatable bonds is 4. The summed E-state index contributed by atoms with van der Waals surface area (Å²) in [5.41, 5.74) is 1.79. The number of carbonyl (C=O) groups is 2. The Kier molecular flexibility index (Phi) is 3.89. The van der Waals surface area contributed by atoms with Crippen LogP contribution in [-0.2, 0) is 9.59 Å². The molecule has 0 fully saturated rings. The number of non-ortho nitro benzene ring substituents is 1. The van der Waals surface area contributed by atoms with Crippen LogP contribution in [0.2, 0.25) is 0 Å². The Morgan fingerprint density at radius 2 is 2.00 bits per heavy atom. The van der Waals surface area contributed by atoms with Gasteiger partial charge in [-0.1, -0.05) is 12.1 Å². The fourth-order valence-electron chi connectivity index (χ4n) is 2.22. The number of hydrazone groups is 1. The van der Waals surface area contributed by atoms with E-state index in [4.69, 9.17) is 0 Å². The molecule has 0 saturated heterocycles. The zero-order valence-corrected chi connectivity index (χ0v) is 11.3. The van der Waals surface area contributed by atoms with Crippen molar-refractivity contribution in [1.82, 2.24) is 5.43 Å². The topological polar surface area (TPSA) is 142 Å². The Hall–Kier alpha value is -3.23. The molecule has 1 aromatic carbocycles. The molecule has 2 rings (SSSR count). The number of benzene rings is 1. The number of nitrogens with zero attached hydrogens (tertiary/aromatic N) is 2. The van der Waals surface area contributed by atoms with Crippen molar-refractivity contribution in [1.29, 1.82) is 0 Å². The van der Waals surface area contributed by atoms with Gasteiger partial charge in [0.2, 0.25) is 0 Å². The van der Waals surface area contributed by atoms with E-state index in [9.17, 15) is 29.9 Å². The number of allylic oxidation sites excluding steroid dienone is 1. The molecule has 1 atom stereocenters. The average molecular weight is 305 g/mol. The van der Waals surface area contributed by atoms with Crippen molar-refractivity contribution >= 4 is 23.3 Å². The minimum atomic E-state index is -1.41. The predicted octanol–water partition coefficient (Wildman–Crippen LogP) is 1.08. The minimum Gasteiger partial charge on any atom is -0.478 e. The molecule has 9 heteroatoms. The summed E-state index contributed by atoms with van der Waals surface area (Å²) in [7, 11) is 0. The van der Waals surface area contributed by atoms with Gasteiger partial charge in [-0.2, -0.15) is 5.10 Å². The summed E-state index contributed by atoms with van der Waals surface area (Å²) < 4.78 is 0. The Morgan fingerprint density at radius 1 is 1.32 bits per heavy atom. The maximum absolute atomic E-state index is 11.5. The number of hydrogen-bond donors (Lipinski definition) is 3. The summed E-state index contributed by atoms with van der Waals surface area (Å²) in [6.45, 7) is 1.44. The molecular weight excluding hydrogens is 294 g/mol. The standard InChI is InChI=1S/C13H11N3O6/c1-6-9(12(17)18)10(11(13(19)20)15-14-6)7-3-2-4-8(5-7)16(21)22/h2-5,10,14H,1H3,(H,17,18)(H,19,20). The fraction of sp³-hybridized carbons (Fsp3) is 0.154. The van der Waals surface area contributed by atoms with Gasteiger partial charge in [-0.05, 0) is 12.5 Å². The first-order valence-electron chi connectivity index (χ1n) is 6.08. The number of nitrogens with one attached hydrogen (secondary N) is 1. The van der Waals surface area contributed by atoms with Crippen molar-refractivity contribution in [3.8, 4) is 0 Å². The van der Waals surface area contributed by atoms with Gasteiger partial charge in [-0.25, -0.2) is 9.59 Å². The third-order valence-corrected chi connectivity index (χ3v) is 3.17. The number of carboxylic acid groups (broad SMARTS) is 2. The maximum Gasteiger partial charge on any atom is 0.353 e. The molecule has 0 spiro atoms. The molecule has 1 aliphatic heterocycles. The minimum absolute atomic E-state index is 0.175. The van der Waals surface area contributed by atoms with Crippen molar-refractivity contribution in [2.24, 2.45) is 5.10 Å². The van der Waals surface area contributed by atoms with Crippen LogP contribution in [0.3, 0.4) is 0 Å². The Bertz CT molecular complexity index is 737. The molecule has 0 aliphatic carbocycles. The smallest absolute Gasteiger partial charge is 0.353 e. The van der Waals surface area contributed by atoms with Crippen molar-refractivity contribution < 1.29 is 24.7 Å². The first-order chi connectivity index (χ1) is 10.3. The third-order valence-electron chi connectivity index (χ3n) is 3.17. The SMILES string of the molecule is CC1=C(C(=O)O)C(c2cccc([N+](=O)[O-])c2)C(C(=O)O)=NN1. The van der Waals surface area contributed by atoms with Gasteiger partial charge >= 0.3 is 11.9 Å². The van der Waals surface area contributed by atoms with E-state index in [1.165, 1.54) is 25.1 Å². The van der Waals surface area contributed by atoms with E-state index in [0.29, 0.717) is 0 Å². The number of carboxylic acids is 2. The second-order valence-electron chi connectivity index (χ2n) is 4.54. The van der Waals surface area contributed by atoms with Crippen molar-refractivity contribution in [3.05, 3.63) is 51.2 Å². The highest BCUT2D eigenvalue weighted by molar-refractivity contribution is 6.39. The Morgan fingerprint density at radius 3 is 2.55 bits per heavy atom. The van der Waals surface area contributed by atoms with E-state index < -0.39 is 28.5 Å². The lowest BCUT2D eigenvalue weighted by Crippen LogP contribution is -2.34. The van der Waals surface area contributed by atoms with E-state index in [2.05, 4.69) is 10.5 Å². The summed E-state index contributed by atoms with van der Waals surface area (Å²) in [4.78, 5) is 33.0. The summed E-state index contributed by atoms with van der Waals surface area (Å²) in [5, 5.41) is 33.1. The molecule has 1 unspecified atom stereocenters. The predicted molar refractivity (Wildman–Crippen MR) is 74.4 cm³/mol. The molecule has 0 aromatic heterocycles. The second kappa shape index (κ2) is 5.64. The highest BCUT2D eigenvalue weighted by Crippen LogP contribution is 2.32. The van der Waals surface area contributed by atoms with E-state index >= 15 is 0 Å². The normalized spacial score (nSPS) is 17.5. The van der Waals surface area contributed by atoms with Crippen LogP contribution < -0.4 is 5.43 Å². The van der Waals surface area contributed by atoms with E-state index in [0.717, 1.165) is 6.07 Å². The quantitative estimate of drug-likeness (QED) is 0.558. The van der Waals surface area contributed by atoms with Crippen LogP contribution in [0.5, 0.6) is 0 Å². The van der Waals surface area contributed by atoms with Crippen LogP contribution in [0.25, 0.3) is 0 Å². The maximum atomic E-state index is 11.5. The molecule has 22 heavy (non-hydrogen) atoms. The number of hydrogen-bond acceptors (Lipinski definition) is 6. The third kappa shape index (κ3) is 2.64. The number of nitro groups is 1. The Balaban J connectivity index is 2.64. The van der Waals surface area contributed by atoms with Crippen LogP contribution in [-0.4, -0.2) is 32.8 Å². The van der Waals surface area contributed by atoms with Gasteiger partial charge in [0.15, 0.2) is 5.71 Å². The van der Waals surface area contributed by atoms with E-state index in [1.807, 2.05) is 0 Å². The number of aliphatic carboxylic acids is 2. The van der Waals surface area contributed by atoms with Gasteiger partial charge < -0.3 is 10.2 Å². The molecule has 1 aliphatic rings. The van der Waals surface area contributed by atoms with Gasteiger partial charge in [0.1, 0.15) is 0 Å². The lowest BCUT2D eigenvalue weighted by atomic mass is 9.84. The molecule has 0 saturated carbocycles. The van der Waals surface area contributed by atoms with Crippen LogP contribution in [0.1, 0.15) is 18.4 Å².